The Balaban J connectivity index is 2.23. The molecule has 0 amide bonds. The highest BCUT2D eigenvalue weighted by molar-refractivity contribution is 5.86. The Bertz CT molecular complexity index is 514. The molecule has 0 aliphatic carbocycles. The minimum absolute atomic E-state index is 0.109. The summed E-state index contributed by atoms with van der Waals surface area (Å²) in [5, 5.41) is 15.3. The SMILES string of the molecule is CCCc1ccc(-c2cc(C(=O)O)[nH]n2)cc1. The first-order valence-electron chi connectivity index (χ1n) is 5.58. The van der Waals surface area contributed by atoms with Gasteiger partial charge >= 0.3 is 5.97 Å². The Morgan fingerprint density at radius 1 is 1.35 bits per heavy atom. The third-order valence-electron chi connectivity index (χ3n) is 2.60. The van der Waals surface area contributed by atoms with E-state index >= 15 is 0 Å². The van der Waals surface area contributed by atoms with Gasteiger partial charge in [-0.2, -0.15) is 5.10 Å². The molecule has 0 fully saturated rings. The molecule has 2 rings (SSSR count). The molecule has 0 spiro atoms. The van der Waals surface area contributed by atoms with Crippen molar-refractivity contribution in [2.45, 2.75) is 19.8 Å². The van der Waals surface area contributed by atoms with E-state index in [1.807, 2.05) is 24.3 Å². The fraction of sp³-hybridized carbons (Fsp3) is 0.231. The Morgan fingerprint density at radius 2 is 2.06 bits per heavy atom. The fourth-order valence-electron chi connectivity index (χ4n) is 1.71. The zero-order valence-electron chi connectivity index (χ0n) is 9.60. The zero-order valence-corrected chi connectivity index (χ0v) is 9.60. The molecule has 1 aromatic heterocycles. The predicted octanol–water partition coefficient (Wildman–Crippen LogP) is 2.73. The molecule has 2 N–H and O–H groups in total. The number of nitrogens with zero attached hydrogens (tertiary/aromatic N) is 1. The minimum atomic E-state index is -0.994. The lowest BCUT2D eigenvalue weighted by atomic mass is 10.1. The summed E-state index contributed by atoms with van der Waals surface area (Å²) < 4.78 is 0. The van der Waals surface area contributed by atoms with Crippen LogP contribution in [-0.2, 0) is 6.42 Å². The molecule has 0 bridgehead atoms. The van der Waals surface area contributed by atoms with Crippen LogP contribution in [0.25, 0.3) is 11.3 Å². The number of benzene rings is 1. The Hall–Kier alpha value is -2.10. The van der Waals surface area contributed by atoms with Crippen molar-refractivity contribution in [2.24, 2.45) is 0 Å². The van der Waals surface area contributed by atoms with Crippen LogP contribution >= 0.6 is 0 Å². The molecule has 1 heterocycles. The lowest BCUT2D eigenvalue weighted by molar-refractivity contribution is 0.0690. The third-order valence-corrected chi connectivity index (χ3v) is 2.60. The highest BCUT2D eigenvalue weighted by Crippen LogP contribution is 2.18. The Kier molecular flexibility index (Phi) is 3.23. The van der Waals surface area contributed by atoms with Crippen LogP contribution in [0.4, 0.5) is 0 Å². The van der Waals surface area contributed by atoms with Gasteiger partial charge in [-0.3, -0.25) is 5.10 Å². The average Bonchev–Trinajstić information content (AvgIpc) is 2.80. The van der Waals surface area contributed by atoms with E-state index in [4.69, 9.17) is 5.11 Å². The number of carboxylic acids is 1. The monoisotopic (exact) mass is 230 g/mol. The van der Waals surface area contributed by atoms with E-state index in [0.717, 1.165) is 18.4 Å². The first kappa shape index (κ1) is 11.4. The molecule has 0 saturated carbocycles. The molecule has 0 saturated heterocycles. The number of rotatable bonds is 4. The Morgan fingerprint density at radius 3 is 2.59 bits per heavy atom. The third kappa shape index (κ3) is 2.53. The predicted molar refractivity (Wildman–Crippen MR) is 65.0 cm³/mol. The van der Waals surface area contributed by atoms with Crippen molar-refractivity contribution in [3.63, 3.8) is 0 Å². The van der Waals surface area contributed by atoms with E-state index in [1.165, 1.54) is 11.6 Å². The number of aryl methyl sites for hydroxylation is 1. The summed E-state index contributed by atoms with van der Waals surface area (Å²) in [5.41, 5.74) is 2.97. The topological polar surface area (TPSA) is 66.0 Å². The largest absolute Gasteiger partial charge is 0.477 e. The highest BCUT2D eigenvalue weighted by atomic mass is 16.4. The molecule has 0 radical (unpaired) electrons. The average molecular weight is 230 g/mol. The van der Waals surface area contributed by atoms with Crippen LogP contribution in [0.5, 0.6) is 0 Å². The first-order chi connectivity index (χ1) is 8.20. The van der Waals surface area contributed by atoms with E-state index in [9.17, 15) is 4.79 Å². The summed E-state index contributed by atoms with van der Waals surface area (Å²) in [6.07, 6.45) is 2.17. The molecular weight excluding hydrogens is 216 g/mol. The van der Waals surface area contributed by atoms with Crippen molar-refractivity contribution in [1.29, 1.82) is 0 Å². The highest BCUT2D eigenvalue weighted by Gasteiger charge is 2.08. The maximum absolute atomic E-state index is 10.7. The molecule has 0 aliphatic heterocycles. The number of aromatic amines is 1. The number of aromatic carboxylic acids is 1. The zero-order chi connectivity index (χ0) is 12.3. The van der Waals surface area contributed by atoms with Gasteiger partial charge in [-0.05, 0) is 18.1 Å². The number of H-pyrrole nitrogens is 1. The molecule has 2 aromatic rings. The molecule has 17 heavy (non-hydrogen) atoms. The van der Waals surface area contributed by atoms with Crippen molar-refractivity contribution in [3.05, 3.63) is 41.6 Å². The molecule has 88 valence electrons. The van der Waals surface area contributed by atoms with Gasteiger partial charge < -0.3 is 5.11 Å². The van der Waals surface area contributed by atoms with Gasteiger partial charge in [0.15, 0.2) is 0 Å². The van der Waals surface area contributed by atoms with Crippen LogP contribution in [-0.4, -0.2) is 21.3 Å². The van der Waals surface area contributed by atoms with Gasteiger partial charge in [-0.25, -0.2) is 4.79 Å². The normalized spacial score (nSPS) is 10.4. The number of carbonyl (C=O) groups is 1. The minimum Gasteiger partial charge on any atom is -0.477 e. The van der Waals surface area contributed by atoms with E-state index in [2.05, 4.69) is 17.1 Å². The standard InChI is InChI=1S/C13H14N2O2/c1-2-3-9-4-6-10(7-5-9)11-8-12(13(16)17)15-14-11/h4-8H,2-3H2,1H3,(H,14,15)(H,16,17). The van der Waals surface area contributed by atoms with Crippen LogP contribution in [0.2, 0.25) is 0 Å². The van der Waals surface area contributed by atoms with Gasteiger partial charge in [-0.15, -0.1) is 0 Å². The summed E-state index contributed by atoms with van der Waals surface area (Å²) in [4.78, 5) is 10.7. The molecular formula is C13H14N2O2. The second-order valence-electron chi connectivity index (χ2n) is 3.92. The molecule has 0 atom stereocenters. The van der Waals surface area contributed by atoms with Crippen molar-refractivity contribution < 1.29 is 9.90 Å². The molecule has 0 unspecified atom stereocenters. The van der Waals surface area contributed by atoms with Crippen molar-refractivity contribution >= 4 is 5.97 Å². The maximum atomic E-state index is 10.7. The number of hydrogen-bond donors (Lipinski definition) is 2. The van der Waals surface area contributed by atoms with Gasteiger partial charge in [0, 0.05) is 5.56 Å². The van der Waals surface area contributed by atoms with Crippen LogP contribution in [0.3, 0.4) is 0 Å². The maximum Gasteiger partial charge on any atom is 0.353 e. The summed E-state index contributed by atoms with van der Waals surface area (Å²) in [6.45, 7) is 2.14. The summed E-state index contributed by atoms with van der Waals surface area (Å²) in [5.74, 6) is -0.994. The van der Waals surface area contributed by atoms with Crippen LogP contribution < -0.4 is 0 Å². The lowest BCUT2D eigenvalue weighted by Crippen LogP contribution is -1.95. The van der Waals surface area contributed by atoms with Crippen molar-refractivity contribution in [3.8, 4) is 11.3 Å². The van der Waals surface area contributed by atoms with E-state index in [0.29, 0.717) is 5.69 Å². The van der Waals surface area contributed by atoms with Gasteiger partial charge in [-0.1, -0.05) is 37.6 Å². The van der Waals surface area contributed by atoms with Crippen molar-refractivity contribution in [2.75, 3.05) is 0 Å². The van der Waals surface area contributed by atoms with Crippen LogP contribution in [0.15, 0.2) is 30.3 Å². The first-order valence-corrected chi connectivity index (χ1v) is 5.58. The second kappa shape index (κ2) is 4.82. The van der Waals surface area contributed by atoms with Gasteiger partial charge in [0.05, 0.1) is 5.69 Å². The molecule has 4 heteroatoms. The lowest BCUT2D eigenvalue weighted by Gasteiger charge is -2.00. The number of hydrogen-bond acceptors (Lipinski definition) is 2. The van der Waals surface area contributed by atoms with Crippen LogP contribution in [0.1, 0.15) is 29.4 Å². The van der Waals surface area contributed by atoms with Gasteiger partial charge in [0.25, 0.3) is 0 Å². The fourth-order valence-corrected chi connectivity index (χ4v) is 1.71. The van der Waals surface area contributed by atoms with E-state index in [1.54, 1.807) is 0 Å². The number of carboxylic acid groups (broad SMARTS) is 1. The Labute approximate surface area is 99.3 Å². The van der Waals surface area contributed by atoms with E-state index in [-0.39, 0.29) is 5.69 Å². The summed E-state index contributed by atoms with van der Waals surface area (Å²) in [6, 6.07) is 9.57. The smallest absolute Gasteiger partial charge is 0.353 e. The summed E-state index contributed by atoms with van der Waals surface area (Å²) >= 11 is 0. The van der Waals surface area contributed by atoms with Crippen molar-refractivity contribution in [1.82, 2.24) is 10.2 Å². The number of nitrogens with one attached hydrogen (secondary N) is 1. The van der Waals surface area contributed by atoms with Crippen LogP contribution in [0, 0.1) is 0 Å². The second-order valence-corrected chi connectivity index (χ2v) is 3.92. The number of aromatic nitrogens is 2. The van der Waals surface area contributed by atoms with E-state index < -0.39 is 5.97 Å². The molecule has 1 aromatic carbocycles. The quantitative estimate of drug-likeness (QED) is 0.848. The molecule has 4 nitrogen and oxygen atoms in total. The summed E-state index contributed by atoms with van der Waals surface area (Å²) in [7, 11) is 0. The molecule has 0 aliphatic rings. The van der Waals surface area contributed by atoms with Gasteiger partial charge in [0.1, 0.15) is 5.69 Å². The van der Waals surface area contributed by atoms with Gasteiger partial charge in [0.2, 0.25) is 0 Å².